The van der Waals surface area contributed by atoms with Gasteiger partial charge in [0.2, 0.25) is 6.08 Å². The summed E-state index contributed by atoms with van der Waals surface area (Å²) in [6, 6.07) is 0. The van der Waals surface area contributed by atoms with E-state index in [0.717, 1.165) is 0 Å². The van der Waals surface area contributed by atoms with Gasteiger partial charge in [0.1, 0.15) is 0 Å². The van der Waals surface area contributed by atoms with Gasteiger partial charge >= 0.3 is 0 Å². The summed E-state index contributed by atoms with van der Waals surface area (Å²) in [4.78, 5) is 13.7. The van der Waals surface area contributed by atoms with E-state index >= 15 is 0 Å². The predicted octanol–water partition coefficient (Wildman–Crippen LogP) is 0.489. The molecule has 0 saturated carbocycles. The molecule has 0 bridgehead atoms. The second kappa shape index (κ2) is 9.27. The zero-order chi connectivity index (χ0) is 13.1. The summed E-state index contributed by atoms with van der Waals surface area (Å²) in [6.07, 6.45) is 0.809. The van der Waals surface area contributed by atoms with Crippen LogP contribution in [-0.4, -0.2) is 56.0 Å². The molecule has 0 aromatic carbocycles. The van der Waals surface area contributed by atoms with Gasteiger partial charge in [0.05, 0.1) is 38.6 Å². The van der Waals surface area contributed by atoms with E-state index in [2.05, 4.69) is 4.99 Å². The molecule has 0 heterocycles. The Kier molecular flexibility index (Phi) is 8.85. The molecule has 0 amide bonds. The van der Waals surface area contributed by atoms with Crippen molar-refractivity contribution in [2.24, 2.45) is 4.99 Å². The first kappa shape index (κ1) is 16.2. The number of aliphatic hydroxyl groups excluding tert-OH is 1. The van der Waals surface area contributed by atoms with Crippen molar-refractivity contribution in [2.45, 2.75) is 32.6 Å². The maximum absolute atomic E-state index is 10.2. The average molecular weight is 247 g/mol. The molecule has 0 fully saturated rings. The summed E-state index contributed by atoms with van der Waals surface area (Å²) in [6.45, 7) is 6.80. The molecule has 6 nitrogen and oxygen atoms in total. The molecule has 0 aromatic heterocycles. The van der Waals surface area contributed by atoms with Gasteiger partial charge < -0.3 is 19.3 Å². The van der Waals surface area contributed by atoms with Gasteiger partial charge in [0, 0.05) is 0 Å². The average Bonchev–Trinajstić information content (AvgIpc) is 2.21. The van der Waals surface area contributed by atoms with Gasteiger partial charge in [-0.1, -0.05) is 0 Å². The Bertz CT molecular complexity index is 233. The number of carbonyl (C=O) groups excluding carboxylic acids is 1. The summed E-state index contributed by atoms with van der Waals surface area (Å²) in [5, 5.41) is 8.46. The third kappa shape index (κ3) is 11.5. The molecule has 100 valence electrons. The standard InChI is InChI=1S/C11H21NO5/c1-11(2,3)17-10(12-9-14)8-16-7-6-15-5-4-13/h10,13H,4-8H2,1-3H3. The van der Waals surface area contributed by atoms with Crippen LogP contribution in [0.3, 0.4) is 0 Å². The molecule has 0 aliphatic carbocycles. The lowest BCUT2D eigenvalue weighted by atomic mass is 10.2. The highest BCUT2D eigenvalue weighted by molar-refractivity contribution is 5.33. The van der Waals surface area contributed by atoms with Crippen LogP contribution in [-0.2, 0) is 19.0 Å². The number of aliphatic hydroxyl groups is 1. The van der Waals surface area contributed by atoms with Crippen LogP contribution in [0.25, 0.3) is 0 Å². The van der Waals surface area contributed by atoms with Gasteiger partial charge in [-0.15, -0.1) is 0 Å². The number of nitrogens with zero attached hydrogens (tertiary/aromatic N) is 1. The van der Waals surface area contributed by atoms with Crippen LogP contribution in [0.15, 0.2) is 4.99 Å². The fraction of sp³-hybridized carbons (Fsp3) is 0.909. The van der Waals surface area contributed by atoms with Gasteiger partial charge in [-0.3, -0.25) is 0 Å². The first-order valence-electron chi connectivity index (χ1n) is 5.50. The summed E-state index contributed by atoms with van der Waals surface area (Å²) >= 11 is 0. The Balaban J connectivity index is 3.75. The molecule has 0 radical (unpaired) electrons. The zero-order valence-corrected chi connectivity index (χ0v) is 10.6. The van der Waals surface area contributed by atoms with Gasteiger partial charge in [-0.05, 0) is 20.8 Å². The van der Waals surface area contributed by atoms with Crippen LogP contribution in [0, 0.1) is 0 Å². The molecule has 6 heteroatoms. The highest BCUT2D eigenvalue weighted by Gasteiger charge is 2.18. The number of hydrogen-bond acceptors (Lipinski definition) is 6. The van der Waals surface area contributed by atoms with Crippen molar-refractivity contribution in [1.82, 2.24) is 0 Å². The van der Waals surface area contributed by atoms with E-state index in [1.807, 2.05) is 20.8 Å². The molecule has 0 aromatic rings. The van der Waals surface area contributed by atoms with Crippen molar-refractivity contribution < 1.29 is 24.1 Å². The Morgan fingerprint density at radius 2 is 1.88 bits per heavy atom. The smallest absolute Gasteiger partial charge is 0.237 e. The van der Waals surface area contributed by atoms with Crippen molar-refractivity contribution in [2.75, 3.05) is 33.0 Å². The van der Waals surface area contributed by atoms with E-state index in [1.54, 1.807) is 0 Å². The molecule has 1 atom stereocenters. The lowest BCUT2D eigenvalue weighted by Crippen LogP contribution is -2.29. The SMILES string of the molecule is CC(C)(C)OC(COCCOCCO)N=C=O. The number of ether oxygens (including phenoxy) is 3. The minimum atomic E-state index is -0.648. The normalized spacial score (nSPS) is 13.2. The van der Waals surface area contributed by atoms with E-state index < -0.39 is 11.8 Å². The number of isocyanates is 1. The lowest BCUT2D eigenvalue weighted by molar-refractivity contribution is -0.0928. The summed E-state index contributed by atoms with van der Waals surface area (Å²) in [7, 11) is 0. The fourth-order valence-corrected chi connectivity index (χ4v) is 1.03. The minimum Gasteiger partial charge on any atom is -0.394 e. The Hall–Kier alpha value is -0.780. The van der Waals surface area contributed by atoms with Crippen molar-refractivity contribution in [1.29, 1.82) is 0 Å². The topological polar surface area (TPSA) is 77.3 Å². The molecular formula is C11H21NO5. The van der Waals surface area contributed by atoms with Crippen molar-refractivity contribution in [3.8, 4) is 0 Å². The van der Waals surface area contributed by atoms with E-state index in [9.17, 15) is 4.79 Å². The summed E-state index contributed by atoms with van der Waals surface area (Å²) in [5.41, 5.74) is -0.401. The molecule has 0 rings (SSSR count). The minimum absolute atomic E-state index is 0.00873. The maximum atomic E-state index is 10.2. The first-order valence-corrected chi connectivity index (χ1v) is 5.50. The van der Waals surface area contributed by atoms with Crippen LogP contribution in [0.4, 0.5) is 0 Å². The van der Waals surface area contributed by atoms with E-state index in [1.165, 1.54) is 6.08 Å². The maximum Gasteiger partial charge on any atom is 0.237 e. The molecule has 17 heavy (non-hydrogen) atoms. The molecule has 0 saturated heterocycles. The second-order valence-corrected chi connectivity index (χ2v) is 4.32. The quantitative estimate of drug-likeness (QED) is 0.364. The molecular weight excluding hydrogens is 226 g/mol. The van der Waals surface area contributed by atoms with Crippen LogP contribution in [0.1, 0.15) is 20.8 Å². The number of hydrogen-bond donors (Lipinski definition) is 1. The van der Waals surface area contributed by atoms with Crippen molar-refractivity contribution >= 4 is 6.08 Å². The second-order valence-electron chi connectivity index (χ2n) is 4.32. The third-order valence-electron chi connectivity index (χ3n) is 1.55. The van der Waals surface area contributed by atoms with Crippen LogP contribution >= 0.6 is 0 Å². The first-order chi connectivity index (χ1) is 7.99. The van der Waals surface area contributed by atoms with E-state index in [0.29, 0.717) is 13.2 Å². The predicted molar refractivity (Wildman–Crippen MR) is 61.5 cm³/mol. The van der Waals surface area contributed by atoms with Gasteiger partial charge in [0.15, 0.2) is 6.23 Å². The Labute approximate surface area is 102 Å². The van der Waals surface area contributed by atoms with Gasteiger partial charge in [-0.25, -0.2) is 4.79 Å². The lowest BCUT2D eigenvalue weighted by Gasteiger charge is -2.23. The third-order valence-corrected chi connectivity index (χ3v) is 1.55. The fourth-order valence-electron chi connectivity index (χ4n) is 1.03. The summed E-state index contributed by atoms with van der Waals surface area (Å²) in [5.74, 6) is 0. The van der Waals surface area contributed by atoms with Crippen molar-refractivity contribution in [3.63, 3.8) is 0 Å². The van der Waals surface area contributed by atoms with Crippen molar-refractivity contribution in [3.05, 3.63) is 0 Å². The highest BCUT2D eigenvalue weighted by atomic mass is 16.6. The molecule has 0 aliphatic heterocycles. The van der Waals surface area contributed by atoms with Crippen LogP contribution in [0.5, 0.6) is 0 Å². The van der Waals surface area contributed by atoms with E-state index in [-0.39, 0.29) is 19.8 Å². The van der Waals surface area contributed by atoms with Gasteiger partial charge in [-0.2, -0.15) is 4.99 Å². The van der Waals surface area contributed by atoms with Crippen LogP contribution in [0.2, 0.25) is 0 Å². The highest BCUT2D eigenvalue weighted by Crippen LogP contribution is 2.11. The Morgan fingerprint density at radius 1 is 1.24 bits per heavy atom. The largest absolute Gasteiger partial charge is 0.394 e. The molecule has 0 aliphatic rings. The molecule has 1 N–H and O–H groups in total. The summed E-state index contributed by atoms with van der Waals surface area (Å²) < 4.78 is 15.7. The molecule has 1 unspecified atom stereocenters. The zero-order valence-electron chi connectivity index (χ0n) is 10.6. The van der Waals surface area contributed by atoms with E-state index in [4.69, 9.17) is 19.3 Å². The number of aliphatic imine (C=N–C) groups is 1. The number of rotatable bonds is 9. The molecule has 0 spiro atoms. The van der Waals surface area contributed by atoms with Gasteiger partial charge in [0.25, 0.3) is 0 Å². The Morgan fingerprint density at radius 3 is 2.41 bits per heavy atom. The van der Waals surface area contributed by atoms with Crippen LogP contribution < -0.4 is 0 Å². The monoisotopic (exact) mass is 247 g/mol.